The molecule has 0 saturated heterocycles. The predicted octanol–water partition coefficient (Wildman–Crippen LogP) is 2.12. The highest BCUT2D eigenvalue weighted by Crippen LogP contribution is 2.60. The second kappa shape index (κ2) is 11.3. The van der Waals surface area contributed by atoms with Crippen molar-refractivity contribution in [1.29, 1.82) is 0 Å². The number of carbonyl (C=O) groups is 5. The van der Waals surface area contributed by atoms with Crippen LogP contribution in [0.2, 0.25) is 0 Å². The zero-order chi connectivity index (χ0) is 32.0. The van der Waals surface area contributed by atoms with Crippen molar-refractivity contribution < 1.29 is 62.2 Å². The lowest BCUT2D eigenvalue weighted by atomic mass is 9.61. The fourth-order valence-corrected chi connectivity index (χ4v) is 5.91. The van der Waals surface area contributed by atoms with E-state index in [1.807, 2.05) is 0 Å². The molecule has 13 nitrogen and oxygen atoms in total. The highest BCUT2D eigenvalue weighted by Gasteiger charge is 2.64. The van der Waals surface area contributed by atoms with Crippen molar-refractivity contribution in [2.24, 2.45) is 5.92 Å². The zero-order valence-electron chi connectivity index (χ0n) is 24.5. The first kappa shape index (κ1) is 30.5. The smallest absolute Gasteiger partial charge is 0.375 e. The molecule has 0 aromatic heterocycles. The van der Waals surface area contributed by atoms with E-state index in [-0.39, 0.29) is 46.3 Å². The monoisotopic (exact) mass is 610 g/mol. The van der Waals surface area contributed by atoms with E-state index in [9.17, 15) is 29.1 Å². The summed E-state index contributed by atoms with van der Waals surface area (Å²) in [6.07, 6.45) is -2.25. The topological polar surface area (TPSA) is 170 Å². The Bertz CT molecular complexity index is 1570. The van der Waals surface area contributed by atoms with E-state index >= 15 is 0 Å². The van der Waals surface area contributed by atoms with E-state index in [2.05, 4.69) is 0 Å². The summed E-state index contributed by atoms with van der Waals surface area (Å²) in [6.45, 7) is 3.16. The number of benzene rings is 2. The van der Waals surface area contributed by atoms with Gasteiger partial charge in [0, 0.05) is 35.6 Å². The molecule has 0 saturated carbocycles. The maximum absolute atomic E-state index is 14.3. The Morgan fingerprint density at radius 2 is 1.68 bits per heavy atom. The first-order valence-electron chi connectivity index (χ1n) is 13.6. The van der Waals surface area contributed by atoms with Crippen LogP contribution in [0.4, 0.5) is 0 Å². The zero-order valence-corrected chi connectivity index (χ0v) is 24.5. The van der Waals surface area contributed by atoms with Crippen molar-refractivity contribution in [2.45, 2.75) is 44.0 Å². The minimum Gasteiger partial charge on any atom is -0.487 e. The molecule has 3 aliphatic rings. The number of methoxy groups -OCH3 is 2. The molecule has 5 atom stereocenters. The molecule has 0 amide bonds. The first-order chi connectivity index (χ1) is 20.9. The quantitative estimate of drug-likeness (QED) is 0.219. The lowest BCUT2D eigenvalue weighted by Gasteiger charge is -2.47. The van der Waals surface area contributed by atoms with Gasteiger partial charge in [0.25, 0.3) is 5.78 Å². The molecule has 2 aromatic rings. The Morgan fingerprint density at radius 3 is 2.32 bits per heavy atom. The van der Waals surface area contributed by atoms with Gasteiger partial charge in [-0.1, -0.05) is 25.1 Å². The van der Waals surface area contributed by atoms with E-state index in [0.717, 1.165) is 27.2 Å². The third-order valence-electron chi connectivity index (χ3n) is 8.26. The van der Waals surface area contributed by atoms with E-state index in [1.54, 1.807) is 18.2 Å². The number of rotatable bonds is 6. The van der Waals surface area contributed by atoms with Gasteiger partial charge in [-0.3, -0.25) is 9.59 Å². The summed E-state index contributed by atoms with van der Waals surface area (Å²) in [4.78, 5) is 66.3. The molecule has 2 heterocycles. The summed E-state index contributed by atoms with van der Waals surface area (Å²) in [5.74, 6) is -6.03. The van der Waals surface area contributed by atoms with Gasteiger partial charge in [0.2, 0.25) is 12.5 Å². The third-order valence-corrected chi connectivity index (χ3v) is 8.26. The molecule has 2 aromatic carbocycles. The number of ether oxygens (including phenoxy) is 7. The number of aliphatic hydroxyl groups is 1. The van der Waals surface area contributed by atoms with Crippen molar-refractivity contribution in [2.75, 3.05) is 27.6 Å². The average Bonchev–Trinajstić information content (AvgIpc) is 3.65. The molecule has 2 aliphatic heterocycles. The average molecular weight is 611 g/mol. The summed E-state index contributed by atoms with van der Waals surface area (Å²) < 4.78 is 38.7. The lowest BCUT2D eigenvalue weighted by Crippen LogP contribution is -2.59. The van der Waals surface area contributed by atoms with E-state index in [1.165, 1.54) is 32.0 Å². The minimum absolute atomic E-state index is 0.0123. The summed E-state index contributed by atoms with van der Waals surface area (Å²) in [5, 5.41) is 12.3. The summed E-state index contributed by atoms with van der Waals surface area (Å²) in [5.41, 5.74) is -4.57. The predicted molar refractivity (Wildman–Crippen MR) is 147 cm³/mol. The highest BCUT2D eigenvalue weighted by molar-refractivity contribution is 6.39. The molecule has 5 rings (SSSR count). The Hall–Kier alpha value is -4.91. The fourth-order valence-electron chi connectivity index (χ4n) is 5.91. The van der Waals surface area contributed by atoms with Gasteiger partial charge in [-0.15, -0.1) is 0 Å². The van der Waals surface area contributed by atoms with Gasteiger partial charge in [0.1, 0.15) is 23.7 Å². The summed E-state index contributed by atoms with van der Waals surface area (Å²) in [7, 11) is 2.08. The van der Waals surface area contributed by atoms with Crippen molar-refractivity contribution >= 4 is 29.7 Å². The van der Waals surface area contributed by atoms with Crippen LogP contribution in [0.15, 0.2) is 48.0 Å². The van der Waals surface area contributed by atoms with Gasteiger partial charge < -0.3 is 38.3 Å². The second-order valence-corrected chi connectivity index (χ2v) is 10.7. The number of esters is 4. The van der Waals surface area contributed by atoms with Gasteiger partial charge in [0.05, 0.1) is 19.8 Å². The molecule has 13 heteroatoms. The largest absolute Gasteiger partial charge is 0.487 e. The van der Waals surface area contributed by atoms with Crippen LogP contribution in [0.1, 0.15) is 48.4 Å². The van der Waals surface area contributed by atoms with Crippen LogP contribution in [0.25, 0.3) is 0 Å². The Labute approximate surface area is 251 Å². The standard InChI is InChI=1S/C31H30O13/c1-15-23(43-16(2)32)18-11-20-24(42-14-41-20)25-22(18)31(13-40-25,26(34)29(36)39-5)19(12-21(33)38-4)27(30(15,3)37)44-28(35)17-9-7-6-8-10-17/h6-12,15,23,27,37H,13-14H2,1-5H3/b19-12-/t15-,23+,27+,30-,31-/m0/s1. The molecule has 44 heavy (non-hydrogen) atoms. The number of hydrogen-bond acceptors (Lipinski definition) is 13. The third kappa shape index (κ3) is 4.73. The van der Waals surface area contributed by atoms with E-state index in [0.29, 0.717) is 0 Å². The van der Waals surface area contributed by atoms with Crippen molar-refractivity contribution in [3.05, 3.63) is 64.7 Å². The van der Waals surface area contributed by atoms with E-state index < -0.39 is 65.4 Å². The molecular weight excluding hydrogens is 580 g/mol. The van der Waals surface area contributed by atoms with Gasteiger partial charge in [-0.05, 0) is 25.1 Å². The number of ketones is 1. The molecular formula is C31H30O13. The van der Waals surface area contributed by atoms with Crippen LogP contribution in [-0.2, 0) is 43.5 Å². The molecule has 0 fully saturated rings. The first-order valence-corrected chi connectivity index (χ1v) is 13.6. The molecule has 0 unspecified atom stereocenters. The maximum Gasteiger partial charge on any atom is 0.375 e. The van der Waals surface area contributed by atoms with Crippen LogP contribution in [-0.4, -0.2) is 74.1 Å². The number of carbonyl (C=O) groups excluding carboxylic acids is 5. The summed E-state index contributed by atoms with van der Waals surface area (Å²) >= 11 is 0. The van der Waals surface area contributed by atoms with Crippen molar-refractivity contribution in [1.82, 2.24) is 0 Å². The molecule has 232 valence electrons. The normalized spacial score (nSPS) is 27.2. The Morgan fingerprint density at radius 1 is 0.977 bits per heavy atom. The van der Waals surface area contributed by atoms with Crippen LogP contribution in [0.3, 0.4) is 0 Å². The number of hydrogen-bond donors (Lipinski definition) is 1. The van der Waals surface area contributed by atoms with Gasteiger partial charge in [0.15, 0.2) is 17.6 Å². The van der Waals surface area contributed by atoms with Crippen LogP contribution in [0.5, 0.6) is 17.2 Å². The van der Waals surface area contributed by atoms with Crippen LogP contribution in [0, 0.1) is 5.92 Å². The van der Waals surface area contributed by atoms with Crippen LogP contribution >= 0.6 is 0 Å². The minimum atomic E-state index is -2.27. The van der Waals surface area contributed by atoms with Crippen molar-refractivity contribution in [3.63, 3.8) is 0 Å². The molecule has 0 bridgehead atoms. The Balaban J connectivity index is 1.90. The maximum atomic E-state index is 14.3. The lowest BCUT2D eigenvalue weighted by molar-refractivity contribution is -0.165. The molecule has 1 aliphatic carbocycles. The fraction of sp³-hybridized carbons (Fsp3) is 0.387. The highest BCUT2D eigenvalue weighted by atomic mass is 16.7. The van der Waals surface area contributed by atoms with Gasteiger partial charge in [-0.2, -0.15) is 0 Å². The van der Waals surface area contributed by atoms with Gasteiger partial charge >= 0.3 is 23.9 Å². The molecule has 0 spiro atoms. The Kier molecular flexibility index (Phi) is 7.85. The SMILES string of the molecule is COC(=O)/C=C1/[C@@H](OC(=O)c2ccccc2)[C@@](C)(O)[C@@H](C)[C@@H](OC(C)=O)c2cc3c(c4c2[C@]1(C(=O)C(=O)OC)CO4)OCO3. The van der Waals surface area contributed by atoms with Crippen molar-refractivity contribution in [3.8, 4) is 17.2 Å². The second-order valence-electron chi connectivity index (χ2n) is 10.7. The number of fused-ring (bicyclic) bond motifs is 2. The summed E-state index contributed by atoms with van der Waals surface area (Å²) in [6, 6.07) is 9.26. The number of Topliss-reactive ketones (excluding diaryl/α,β-unsaturated/α-hetero) is 1. The van der Waals surface area contributed by atoms with E-state index in [4.69, 9.17) is 33.2 Å². The molecule has 1 N–H and O–H groups in total. The molecule has 0 radical (unpaired) electrons. The van der Waals surface area contributed by atoms with Gasteiger partial charge in [-0.25, -0.2) is 14.4 Å². The van der Waals surface area contributed by atoms with Crippen LogP contribution < -0.4 is 14.2 Å².